The lowest BCUT2D eigenvalue weighted by Gasteiger charge is -2.13. The zero-order chi connectivity index (χ0) is 12.5. The fourth-order valence-corrected chi connectivity index (χ4v) is 1.98. The number of ether oxygens (including phenoxy) is 2. The van der Waals surface area contributed by atoms with Crippen LogP contribution < -0.4 is 9.47 Å². The van der Waals surface area contributed by atoms with Gasteiger partial charge in [0, 0.05) is 11.2 Å². The molecule has 1 atom stereocenters. The average Bonchev–Trinajstić information content (AvgIpc) is 2.39. The minimum atomic E-state index is 0.575. The summed E-state index contributed by atoms with van der Waals surface area (Å²) < 4.78 is 11.2. The summed E-state index contributed by atoms with van der Waals surface area (Å²) in [4.78, 5) is 0. The first-order valence-corrected chi connectivity index (χ1v) is 7.33. The fraction of sp³-hybridized carbons (Fsp3) is 0.571. The van der Waals surface area contributed by atoms with Crippen molar-refractivity contribution in [3.63, 3.8) is 0 Å². The zero-order valence-electron chi connectivity index (χ0n) is 10.6. The highest BCUT2D eigenvalue weighted by Gasteiger charge is 2.05. The van der Waals surface area contributed by atoms with E-state index in [-0.39, 0.29) is 0 Å². The molecule has 1 rings (SSSR count). The molecule has 3 heteroatoms. The normalized spacial score (nSPS) is 12.2. The van der Waals surface area contributed by atoms with Crippen LogP contribution in [0.1, 0.15) is 26.7 Å². The number of halogens is 1. The SMILES string of the molecule is CCCOc1ccc(OCC(CC)CBr)cc1. The van der Waals surface area contributed by atoms with Crippen LogP contribution in [0.2, 0.25) is 0 Å². The van der Waals surface area contributed by atoms with Gasteiger partial charge >= 0.3 is 0 Å². The molecule has 0 saturated carbocycles. The summed E-state index contributed by atoms with van der Waals surface area (Å²) in [6.07, 6.45) is 2.16. The van der Waals surface area contributed by atoms with E-state index in [1.165, 1.54) is 0 Å². The average molecular weight is 301 g/mol. The van der Waals surface area contributed by atoms with Gasteiger partial charge in [-0.05, 0) is 37.1 Å². The number of rotatable bonds is 8. The first kappa shape index (κ1) is 14.4. The Kier molecular flexibility index (Phi) is 7.10. The van der Waals surface area contributed by atoms with E-state index in [1.54, 1.807) is 0 Å². The van der Waals surface area contributed by atoms with Crippen LogP contribution in [0.5, 0.6) is 11.5 Å². The molecule has 0 saturated heterocycles. The Morgan fingerprint density at radius 2 is 1.65 bits per heavy atom. The van der Waals surface area contributed by atoms with E-state index in [9.17, 15) is 0 Å². The van der Waals surface area contributed by atoms with E-state index >= 15 is 0 Å². The predicted molar refractivity (Wildman–Crippen MR) is 75.3 cm³/mol. The molecule has 0 aliphatic heterocycles. The largest absolute Gasteiger partial charge is 0.494 e. The third kappa shape index (κ3) is 5.44. The molecule has 1 aromatic carbocycles. The lowest BCUT2D eigenvalue weighted by molar-refractivity contribution is 0.259. The lowest BCUT2D eigenvalue weighted by Crippen LogP contribution is -2.12. The zero-order valence-corrected chi connectivity index (χ0v) is 12.2. The van der Waals surface area contributed by atoms with E-state index in [4.69, 9.17) is 9.47 Å². The molecule has 0 radical (unpaired) electrons. The molecule has 0 aliphatic carbocycles. The van der Waals surface area contributed by atoms with E-state index in [0.717, 1.165) is 42.9 Å². The Morgan fingerprint density at radius 3 is 2.12 bits per heavy atom. The van der Waals surface area contributed by atoms with E-state index in [2.05, 4.69) is 29.8 Å². The number of benzene rings is 1. The quantitative estimate of drug-likeness (QED) is 0.667. The van der Waals surface area contributed by atoms with Gasteiger partial charge in [0.1, 0.15) is 11.5 Å². The second-order valence-electron chi connectivity index (χ2n) is 4.06. The van der Waals surface area contributed by atoms with Crippen LogP contribution in [0.25, 0.3) is 0 Å². The van der Waals surface area contributed by atoms with Crippen LogP contribution in [-0.2, 0) is 0 Å². The summed E-state index contributed by atoms with van der Waals surface area (Å²) in [6, 6.07) is 7.85. The van der Waals surface area contributed by atoms with Crippen molar-refractivity contribution in [2.24, 2.45) is 5.92 Å². The van der Waals surface area contributed by atoms with Crippen molar-refractivity contribution in [3.05, 3.63) is 24.3 Å². The van der Waals surface area contributed by atoms with Crippen LogP contribution in [0.3, 0.4) is 0 Å². The molecule has 0 aromatic heterocycles. The molecule has 17 heavy (non-hydrogen) atoms. The molecule has 0 fully saturated rings. The maximum absolute atomic E-state index is 5.72. The smallest absolute Gasteiger partial charge is 0.119 e. The highest BCUT2D eigenvalue weighted by molar-refractivity contribution is 9.09. The molecule has 0 aliphatic rings. The molecular weight excluding hydrogens is 280 g/mol. The van der Waals surface area contributed by atoms with Crippen molar-refractivity contribution < 1.29 is 9.47 Å². The minimum Gasteiger partial charge on any atom is -0.494 e. The number of hydrogen-bond donors (Lipinski definition) is 0. The van der Waals surface area contributed by atoms with E-state index in [0.29, 0.717) is 5.92 Å². The summed E-state index contributed by atoms with van der Waals surface area (Å²) in [5.74, 6) is 2.39. The van der Waals surface area contributed by atoms with Gasteiger partial charge in [-0.15, -0.1) is 0 Å². The Morgan fingerprint density at radius 1 is 1.06 bits per heavy atom. The van der Waals surface area contributed by atoms with Gasteiger partial charge < -0.3 is 9.47 Å². The Labute approximate surface area is 112 Å². The summed E-state index contributed by atoms with van der Waals surface area (Å²) in [5, 5.41) is 0.987. The summed E-state index contributed by atoms with van der Waals surface area (Å²) >= 11 is 3.49. The van der Waals surface area contributed by atoms with Crippen LogP contribution in [0.4, 0.5) is 0 Å². The third-order valence-corrected chi connectivity index (χ3v) is 3.49. The first-order chi connectivity index (χ1) is 8.30. The Bertz CT molecular complexity index is 294. The monoisotopic (exact) mass is 300 g/mol. The maximum atomic E-state index is 5.72. The third-order valence-electron chi connectivity index (χ3n) is 2.58. The van der Waals surface area contributed by atoms with Crippen LogP contribution in [0.15, 0.2) is 24.3 Å². The number of alkyl halides is 1. The molecule has 0 amide bonds. The fourth-order valence-electron chi connectivity index (χ4n) is 1.34. The molecule has 0 N–H and O–H groups in total. The van der Waals surface area contributed by atoms with E-state index in [1.807, 2.05) is 24.3 Å². The van der Waals surface area contributed by atoms with Crippen molar-refractivity contribution in [2.75, 3.05) is 18.5 Å². The van der Waals surface area contributed by atoms with Crippen molar-refractivity contribution in [3.8, 4) is 11.5 Å². The molecule has 2 nitrogen and oxygen atoms in total. The molecule has 1 aromatic rings. The first-order valence-electron chi connectivity index (χ1n) is 6.21. The second kappa shape index (κ2) is 8.40. The summed E-state index contributed by atoms with van der Waals surface area (Å²) in [6.45, 7) is 5.80. The van der Waals surface area contributed by atoms with Crippen LogP contribution in [0, 0.1) is 5.92 Å². The van der Waals surface area contributed by atoms with Gasteiger partial charge in [-0.3, -0.25) is 0 Å². The Hall–Kier alpha value is -0.700. The number of hydrogen-bond acceptors (Lipinski definition) is 2. The second-order valence-corrected chi connectivity index (χ2v) is 4.71. The highest BCUT2D eigenvalue weighted by atomic mass is 79.9. The van der Waals surface area contributed by atoms with Gasteiger partial charge in [-0.1, -0.05) is 29.8 Å². The molecule has 0 spiro atoms. The maximum Gasteiger partial charge on any atom is 0.119 e. The predicted octanol–water partition coefficient (Wildman–Crippen LogP) is 4.28. The summed E-state index contributed by atoms with van der Waals surface area (Å²) in [5.41, 5.74) is 0. The molecular formula is C14H21BrO2. The van der Waals surface area contributed by atoms with Gasteiger partial charge in [0.15, 0.2) is 0 Å². The topological polar surface area (TPSA) is 18.5 Å². The summed E-state index contributed by atoms with van der Waals surface area (Å²) in [7, 11) is 0. The van der Waals surface area contributed by atoms with Crippen molar-refractivity contribution in [1.29, 1.82) is 0 Å². The van der Waals surface area contributed by atoms with Gasteiger partial charge in [-0.2, -0.15) is 0 Å². The van der Waals surface area contributed by atoms with Gasteiger partial charge in [0.2, 0.25) is 0 Å². The molecule has 96 valence electrons. The highest BCUT2D eigenvalue weighted by Crippen LogP contribution is 2.19. The molecule has 0 bridgehead atoms. The van der Waals surface area contributed by atoms with Gasteiger partial charge in [-0.25, -0.2) is 0 Å². The van der Waals surface area contributed by atoms with Gasteiger partial charge in [0.05, 0.1) is 13.2 Å². The van der Waals surface area contributed by atoms with E-state index < -0.39 is 0 Å². The van der Waals surface area contributed by atoms with Crippen LogP contribution >= 0.6 is 15.9 Å². The minimum absolute atomic E-state index is 0.575. The molecule has 0 heterocycles. The lowest BCUT2D eigenvalue weighted by atomic mass is 10.1. The Balaban J connectivity index is 2.39. The van der Waals surface area contributed by atoms with Crippen molar-refractivity contribution in [2.45, 2.75) is 26.7 Å². The van der Waals surface area contributed by atoms with Crippen molar-refractivity contribution in [1.82, 2.24) is 0 Å². The van der Waals surface area contributed by atoms with Crippen LogP contribution in [-0.4, -0.2) is 18.5 Å². The van der Waals surface area contributed by atoms with Gasteiger partial charge in [0.25, 0.3) is 0 Å². The molecule has 1 unspecified atom stereocenters. The standard InChI is InChI=1S/C14H21BrO2/c1-3-9-16-13-5-7-14(8-6-13)17-11-12(4-2)10-15/h5-8,12H,3-4,9-11H2,1-2H3. The van der Waals surface area contributed by atoms with Crippen molar-refractivity contribution >= 4 is 15.9 Å².